The van der Waals surface area contributed by atoms with Crippen molar-refractivity contribution in [3.8, 4) is 5.75 Å². The largest absolute Gasteiger partial charge is 0.496 e. The second-order valence-corrected chi connectivity index (χ2v) is 5.08. The highest BCUT2D eigenvalue weighted by Gasteiger charge is 2.12. The molecule has 0 spiro atoms. The number of methoxy groups -OCH3 is 1. The quantitative estimate of drug-likeness (QED) is 0.893. The molecule has 2 aromatic heterocycles. The number of amides is 1. The van der Waals surface area contributed by atoms with Crippen LogP contribution in [0.15, 0.2) is 17.5 Å². The Morgan fingerprint density at radius 2 is 2.28 bits per heavy atom. The zero-order chi connectivity index (χ0) is 13.1. The minimum absolute atomic E-state index is 0.176. The van der Waals surface area contributed by atoms with E-state index < -0.39 is 0 Å². The summed E-state index contributed by atoms with van der Waals surface area (Å²) in [6.07, 6.45) is 0. The van der Waals surface area contributed by atoms with Gasteiger partial charge in [0, 0.05) is 23.2 Å². The Balaban J connectivity index is 2.06. The van der Waals surface area contributed by atoms with Crippen LogP contribution in [0.3, 0.4) is 0 Å². The number of H-pyrrole nitrogens is 1. The van der Waals surface area contributed by atoms with Gasteiger partial charge in [-0.1, -0.05) is 13.8 Å². The second-order valence-electron chi connectivity index (χ2n) is 4.17. The van der Waals surface area contributed by atoms with E-state index in [-0.39, 0.29) is 5.91 Å². The number of aromatic nitrogens is 2. The van der Waals surface area contributed by atoms with E-state index in [2.05, 4.69) is 29.4 Å². The number of anilines is 1. The molecule has 0 aliphatic heterocycles. The molecule has 2 N–H and O–H groups in total. The summed E-state index contributed by atoms with van der Waals surface area (Å²) in [4.78, 5) is 12.5. The maximum Gasteiger partial charge on any atom is 0.267 e. The zero-order valence-corrected chi connectivity index (χ0v) is 11.3. The van der Waals surface area contributed by atoms with Gasteiger partial charge < -0.3 is 10.1 Å². The van der Waals surface area contributed by atoms with Gasteiger partial charge >= 0.3 is 0 Å². The van der Waals surface area contributed by atoms with Crippen molar-refractivity contribution in [3.63, 3.8) is 0 Å². The standard InChI is InChI=1S/C12H15N3O2S/c1-7(2)9-5-11(15-14-9)13-12(16)10-4-8(17-3)6-18-10/h4-7H,1-3H3,(H2,13,14,15,16). The van der Waals surface area contributed by atoms with Crippen molar-refractivity contribution in [1.29, 1.82) is 0 Å². The van der Waals surface area contributed by atoms with Crippen molar-refractivity contribution in [2.45, 2.75) is 19.8 Å². The topological polar surface area (TPSA) is 67.0 Å². The fourth-order valence-electron chi connectivity index (χ4n) is 1.42. The first-order chi connectivity index (χ1) is 8.60. The van der Waals surface area contributed by atoms with Gasteiger partial charge in [0.2, 0.25) is 0 Å². The Labute approximate surface area is 109 Å². The lowest BCUT2D eigenvalue weighted by Crippen LogP contribution is -2.10. The van der Waals surface area contributed by atoms with Crippen LogP contribution in [-0.2, 0) is 0 Å². The smallest absolute Gasteiger partial charge is 0.267 e. The highest BCUT2D eigenvalue weighted by atomic mass is 32.1. The third-order valence-corrected chi connectivity index (χ3v) is 3.40. The van der Waals surface area contributed by atoms with Crippen LogP contribution in [0.25, 0.3) is 0 Å². The molecule has 96 valence electrons. The molecule has 0 aliphatic rings. The van der Waals surface area contributed by atoms with Crippen molar-refractivity contribution < 1.29 is 9.53 Å². The molecular formula is C12H15N3O2S. The van der Waals surface area contributed by atoms with Crippen LogP contribution in [-0.4, -0.2) is 23.2 Å². The van der Waals surface area contributed by atoms with E-state index in [9.17, 15) is 4.79 Å². The molecule has 0 radical (unpaired) electrons. The normalized spacial score (nSPS) is 10.7. The van der Waals surface area contributed by atoms with Crippen LogP contribution in [0.1, 0.15) is 35.1 Å². The average molecular weight is 265 g/mol. The van der Waals surface area contributed by atoms with Crippen LogP contribution >= 0.6 is 11.3 Å². The van der Waals surface area contributed by atoms with Gasteiger partial charge in [0.1, 0.15) is 5.75 Å². The molecule has 1 amide bonds. The Hall–Kier alpha value is -1.82. The van der Waals surface area contributed by atoms with Crippen LogP contribution in [0.2, 0.25) is 0 Å². The fraction of sp³-hybridized carbons (Fsp3) is 0.333. The molecule has 0 fully saturated rings. The molecule has 2 rings (SSSR count). The SMILES string of the molecule is COc1csc(C(=O)Nc2cc(C(C)C)[nH]n2)c1. The monoisotopic (exact) mass is 265 g/mol. The third kappa shape index (κ3) is 2.70. The Bertz CT molecular complexity index is 545. The van der Waals surface area contributed by atoms with E-state index in [4.69, 9.17) is 4.74 Å². The van der Waals surface area contributed by atoms with Gasteiger partial charge in [-0.25, -0.2) is 0 Å². The zero-order valence-electron chi connectivity index (χ0n) is 10.5. The number of nitrogens with zero attached hydrogens (tertiary/aromatic N) is 1. The Kier molecular flexibility index (Phi) is 3.66. The number of rotatable bonds is 4. The summed E-state index contributed by atoms with van der Waals surface area (Å²) in [6.45, 7) is 4.12. The number of aromatic amines is 1. The predicted octanol–water partition coefficient (Wildman–Crippen LogP) is 2.86. The number of thiophene rings is 1. The van der Waals surface area contributed by atoms with E-state index in [0.717, 1.165) is 5.69 Å². The lowest BCUT2D eigenvalue weighted by atomic mass is 10.1. The number of carbonyl (C=O) groups is 1. The van der Waals surface area contributed by atoms with Crippen molar-refractivity contribution in [1.82, 2.24) is 10.2 Å². The summed E-state index contributed by atoms with van der Waals surface area (Å²) in [6, 6.07) is 3.55. The minimum Gasteiger partial charge on any atom is -0.496 e. The van der Waals surface area contributed by atoms with E-state index >= 15 is 0 Å². The maximum atomic E-state index is 11.9. The maximum absolute atomic E-state index is 11.9. The molecule has 0 atom stereocenters. The minimum atomic E-state index is -0.176. The van der Waals surface area contributed by atoms with E-state index in [1.54, 1.807) is 18.6 Å². The Morgan fingerprint density at radius 1 is 1.50 bits per heavy atom. The second kappa shape index (κ2) is 5.22. The number of ether oxygens (including phenoxy) is 1. The summed E-state index contributed by atoms with van der Waals surface area (Å²) in [5, 5.41) is 11.5. The van der Waals surface area contributed by atoms with Gasteiger partial charge in [0.15, 0.2) is 5.82 Å². The number of nitrogens with one attached hydrogen (secondary N) is 2. The van der Waals surface area contributed by atoms with Crippen LogP contribution in [0.5, 0.6) is 5.75 Å². The molecule has 0 unspecified atom stereocenters. The average Bonchev–Trinajstić information content (AvgIpc) is 2.96. The fourth-order valence-corrected chi connectivity index (χ4v) is 2.17. The summed E-state index contributed by atoms with van der Waals surface area (Å²) in [5.74, 6) is 1.40. The van der Waals surface area contributed by atoms with Gasteiger partial charge in [-0.2, -0.15) is 5.10 Å². The molecule has 18 heavy (non-hydrogen) atoms. The molecule has 2 aromatic rings. The summed E-state index contributed by atoms with van der Waals surface area (Å²) >= 11 is 1.34. The van der Waals surface area contributed by atoms with E-state index in [0.29, 0.717) is 22.4 Å². The van der Waals surface area contributed by atoms with Gasteiger partial charge in [-0.3, -0.25) is 9.89 Å². The first-order valence-corrected chi connectivity index (χ1v) is 6.47. The highest BCUT2D eigenvalue weighted by molar-refractivity contribution is 7.12. The molecule has 0 saturated carbocycles. The molecule has 0 bridgehead atoms. The van der Waals surface area contributed by atoms with Crippen molar-refractivity contribution in [2.75, 3.05) is 12.4 Å². The predicted molar refractivity (Wildman–Crippen MR) is 71.5 cm³/mol. The Morgan fingerprint density at radius 3 is 2.83 bits per heavy atom. The highest BCUT2D eigenvalue weighted by Crippen LogP contribution is 2.22. The molecule has 0 saturated heterocycles. The molecule has 0 aliphatic carbocycles. The van der Waals surface area contributed by atoms with E-state index in [1.807, 2.05) is 6.07 Å². The molecule has 2 heterocycles. The van der Waals surface area contributed by atoms with Crippen LogP contribution < -0.4 is 10.1 Å². The van der Waals surface area contributed by atoms with E-state index in [1.165, 1.54) is 11.3 Å². The molecule has 5 nitrogen and oxygen atoms in total. The summed E-state index contributed by atoms with van der Waals surface area (Å²) in [7, 11) is 1.58. The van der Waals surface area contributed by atoms with Gasteiger partial charge in [-0.05, 0) is 5.92 Å². The van der Waals surface area contributed by atoms with Crippen molar-refractivity contribution >= 4 is 23.1 Å². The van der Waals surface area contributed by atoms with Crippen molar-refractivity contribution in [2.24, 2.45) is 0 Å². The van der Waals surface area contributed by atoms with Gasteiger partial charge in [0.25, 0.3) is 5.91 Å². The number of carbonyl (C=O) groups excluding carboxylic acids is 1. The first kappa shape index (κ1) is 12.6. The summed E-state index contributed by atoms with van der Waals surface area (Å²) in [5.41, 5.74) is 0.995. The molecule has 0 aromatic carbocycles. The number of hydrogen-bond acceptors (Lipinski definition) is 4. The van der Waals surface area contributed by atoms with Crippen LogP contribution in [0, 0.1) is 0 Å². The summed E-state index contributed by atoms with van der Waals surface area (Å²) < 4.78 is 5.04. The third-order valence-electron chi connectivity index (χ3n) is 2.50. The van der Waals surface area contributed by atoms with Gasteiger partial charge in [-0.15, -0.1) is 11.3 Å². The number of hydrogen-bond donors (Lipinski definition) is 2. The van der Waals surface area contributed by atoms with Gasteiger partial charge in [0.05, 0.1) is 12.0 Å². The lowest BCUT2D eigenvalue weighted by molar-refractivity contribution is 0.103. The first-order valence-electron chi connectivity index (χ1n) is 5.59. The van der Waals surface area contributed by atoms with Crippen molar-refractivity contribution in [3.05, 3.63) is 28.1 Å². The van der Waals surface area contributed by atoms with Crippen LogP contribution in [0.4, 0.5) is 5.82 Å². The molecule has 6 heteroatoms. The molecular weight excluding hydrogens is 250 g/mol. The lowest BCUT2D eigenvalue weighted by Gasteiger charge is -1.98.